The Balaban J connectivity index is 1.55. The fraction of sp³-hybridized carbons (Fsp3) is 0.292. The van der Waals surface area contributed by atoms with Crippen LogP contribution in [0.25, 0.3) is 5.69 Å². The van der Waals surface area contributed by atoms with Gasteiger partial charge in [-0.25, -0.2) is 4.68 Å². The quantitative estimate of drug-likeness (QED) is 0.687. The molecule has 1 N–H and O–H groups in total. The molecule has 1 aliphatic heterocycles. The molecule has 0 atom stereocenters. The highest BCUT2D eigenvalue weighted by molar-refractivity contribution is 5.96. The lowest BCUT2D eigenvalue weighted by molar-refractivity contribution is 0.0723. The maximum Gasteiger partial charge on any atom is 0.257 e. The third kappa shape index (κ3) is 4.43. The van der Waals surface area contributed by atoms with E-state index in [0.717, 1.165) is 37.3 Å². The minimum atomic E-state index is -0.120. The largest absolute Gasteiger partial charge is 0.352 e. The average molecular weight is 402 g/mol. The Morgan fingerprint density at radius 1 is 0.900 bits per heavy atom. The zero-order valence-electron chi connectivity index (χ0n) is 17.0. The van der Waals surface area contributed by atoms with E-state index in [9.17, 15) is 9.59 Å². The Morgan fingerprint density at radius 3 is 2.27 bits per heavy atom. The molecule has 6 nitrogen and oxygen atoms in total. The summed E-state index contributed by atoms with van der Waals surface area (Å²) in [6, 6.07) is 18.9. The standard InChI is InChI=1S/C24H26N4O2/c29-23(19-10-4-1-5-11-19)25-15-14-22-21(24(30)27-16-8-3-9-17-27)18-26-28(22)20-12-6-2-7-13-20/h1-2,4-7,10-13,18H,3,8-9,14-17H2,(H,25,29). The van der Waals surface area contributed by atoms with Gasteiger partial charge in [-0.05, 0) is 43.5 Å². The summed E-state index contributed by atoms with van der Waals surface area (Å²) in [6.07, 6.45) is 5.44. The van der Waals surface area contributed by atoms with Gasteiger partial charge in [0, 0.05) is 31.6 Å². The van der Waals surface area contributed by atoms with Crippen molar-refractivity contribution in [2.45, 2.75) is 25.7 Å². The van der Waals surface area contributed by atoms with E-state index in [0.29, 0.717) is 24.1 Å². The molecule has 2 aromatic carbocycles. The fourth-order valence-electron chi connectivity index (χ4n) is 3.84. The summed E-state index contributed by atoms with van der Waals surface area (Å²) in [4.78, 5) is 27.5. The Kier molecular flexibility index (Phi) is 6.23. The monoisotopic (exact) mass is 402 g/mol. The molecule has 4 rings (SSSR count). The van der Waals surface area contributed by atoms with Crippen molar-refractivity contribution in [3.8, 4) is 5.69 Å². The number of rotatable bonds is 6. The summed E-state index contributed by atoms with van der Waals surface area (Å²) in [6.45, 7) is 2.01. The highest BCUT2D eigenvalue weighted by Gasteiger charge is 2.24. The number of carbonyl (C=O) groups excluding carboxylic acids is 2. The number of amides is 2. The third-order valence-corrected chi connectivity index (χ3v) is 5.43. The second-order valence-electron chi connectivity index (χ2n) is 7.48. The first kappa shape index (κ1) is 19.9. The zero-order valence-corrected chi connectivity index (χ0v) is 17.0. The van der Waals surface area contributed by atoms with Gasteiger partial charge in [0.15, 0.2) is 0 Å². The smallest absolute Gasteiger partial charge is 0.257 e. The van der Waals surface area contributed by atoms with E-state index in [-0.39, 0.29) is 11.8 Å². The number of para-hydroxylation sites is 1. The molecular formula is C24H26N4O2. The molecule has 0 radical (unpaired) electrons. The molecule has 1 aromatic heterocycles. The van der Waals surface area contributed by atoms with Crippen molar-refractivity contribution >= 4 is 11.8 Å². The van der Waals surface area contributed by atoms with Gasteiger partial charge in [-0.1, -0.05) is 36.4 Å². The molecule has 0 unspecified atom stereocenters. The molecule has 2 heterocycles. The second-order valence-corrected chi connectivity index (χ2v) is 7.48. The van der Waals surface area contributed by atoms with E-state index in [1.165, 1.54) is 6.42 Å². The van der Waals surface area contributed by atoms with Crippen LogP contribution in [0.3, 0.4) is 0 Å². The predicted octanol–water partition coefficient (Wildman–Crippen LogP) is 3.47. The number of hydrogen-bond acceptors (Lipinski definition) is 3. The number of piperidine rings is 1. The van der Waals surface area contributed by atoms with Crippen molar-refractivity contribution < 1.29 is 9.59 Å². The summed E-state index contributed by atoms with van der Waals surface area (Å²) in [5, 5.41) is 7.47. The van der Waals surface area contributed by atoms with Crippen molar-refractivity contribution in [2.24, 2.45) is 0 Å². The first-order valence-corrected chi connectivity index (χ1v) is 10.5. The van der Waals surface area contributed by atoms with E-state index < -0.39 is 0 Å². The Hall–Kier alpha value is -3.41. The van der Waals surface area contributed by atoms with Crippen LogP contribution in [0, 0.1) is 0 Å². The number of nitrogens with one attached hydrogen (secondary N) is 1. The van der Waals surface area contributed by atoms with E-state index in [4.69, 9.17) is 0 Å². The van der Waals surface area contributed by atoms with Crippen LogP contribution in [0.2, 0.25) is 0 Å². The average Bonchev–Trinajstić information content (AvgIpc) is 3.24. The third-order valence-electron chi connectivity index (χ3n) is 5.43. The summed E-state index contributed by atoms with van der Waals surface area (Å²) >= 11 is 0. The van der Waals surface area contributed by atoms with Gasteiger partial charge in [0.1, 0.15) is 0 Å². The second kappa shape index (κ2) is 9.39. The van der Waals surface area contributed by atoms with Crippen molar-refractivity contribution in [1.29, 1.82) is 0 Å². The lowest BCUT2D eigenvalue weighted by Crippen LogP contribution is -2.36. The number of likely N-dealkylation sites (tertiary alicyclic amines) is 1. The van der Waals surface area contributed by atoms with Gasteiger partial charge in [-0.2, -0.15) is 5.10 Å². The molecule has 1 aliphatic rings. The van der Waals surface area contributed by atoms with Crippen LogP contribution in [-0.2, 0) is 6.42 Å². The van der Waals surface area contributed by atoms with Gasteiger partial charge in [-0.3, -0.25) is 9.59 Å². The lowest BCUT2D eigenvalue weighted by atomic mass is 10.1. The maximum absolute atomic E-state index is 13.2. The molecule has 3 aromatic rings. The summed E-state index contributed by atoms with van der Waals surface area (Å²) in [5.74, 6) is -0.0912. The molecule has 30 heavy (non-hydrogen) atoms. The minimum absolute atomic E-state index is 0.0290. The van der Waals surface area contributed by atoms with Crippen LogP contribution in [0.1, 0.15) is 45.7 Å². The molecule has 1 saturated heterocycles. The molecule has 0 saturated carbocycles. The van der Waals surface area contributed by atoms with Crippen LogP contribution >= 0.6 is 0 Å². The first-order chi connectivity index (χ1) is 14.7. The number of benzene rings is 2. The van der Waals surface area contributed by atoms with Gasteiger partial charge < -0.3 is 10.2 Å². The van der Waals surface area contributed by atoms with E-state index in [2.05, 4.69) is 10.4 Å². The highest BCUT2D eigenvalue weighted by Crippen LogP contribution is 2.19. The number of carbonyl (C=O) groups is 2. The molecule has 0 spiro atoms. The molecule has 1 fully saturated rings. The van der Waals surface area contributed by atoms with Crippen LogP contribution in [0.15, 0.2) is 66.9 Å². The minimum Gasteiger partial charge on any atom is -0.352 e. The van der Waals surface area contributed by atoms with Gasteiger partial charge in [-0.15, -0.1) is 0 Å². The van der Waals surface area contributed by atoms with Crippen molar-refractivity contribution in [2.75, 3.05) is 19.6 Å². The summed E-state index contributed by atoms with van der Waals surface area (Å²) in [5.41, 5.74) is 2.97. The highest BCUT2D eigenvalue weighted by atomic mass is 16.2. The van der Waals surface area contributed by atoms with Gasteiger partial charge >= 0.3 is 0 Å². The normalized spacial score (nSPS) is 13.8. The first-order valence-electron chi connectivity index (χ1n) is 10.5. The fourth-order valence-corrected chi connectivity index (χ4v) is 3.84. The zero-order chi connectivity index (χ0) is 20.8. The number of nitrogens with zero attached hydrogens (tertiary/aromatic N) is 3. The number of aromatic nitrogens is 2. The summed E-state index contributed by atoms with van der Waals surface area (Å²) < 4.78 is 1.81. The van der Waals surface area contributed by atoms with Gasteiger partial charge in [0.2, 0.25) is 0 Å². The molecule has 6 heteroatoms. The maximum atomic E-state index is 13.2. The SMILES string of the molecule is O=C(NCCc1c(C(=O)N2CCCCC2)cnn1-c1ccccc1)c1ccccc1. The molecule has 0 bridgehead atoms. The molecule has 154 valence electrons. The van der Waals surface area contributed by atoms with Crippen molar-refractivity contribution in [3.05, 3.63) is 83.7 Å². The van der Waals surface area contributed by atoms with Crippen molar-refractivity contribution in [1.82, 2.24) is 20.0 Å². The lowest BCUT2D eigenvalue weighted by Gasteiger charge is -2.26. The van der Waals surface area contributed by atoms with Crippen LogP contribution in [0.4, 0.5) is 0 Å². The van der Waals surface area contributed by atoms with Crippen LogP contribution in [-0.4, -0.2) is 46.1 Å². The van der Waals surface area contributed by atoms with Gasteiger partial charge in [0.05, 0.1) is 23.1 Å². The molecule has 0 aliphatic carbocycles. The molecule has 2 amide bonds. The Bertz CT molecular complexity index is 993. The molecular weight excluding hydrogens is 376 g/mol. The van der Waals surface area contributed by atoms with E-state index in [1.807, 2.05) is 58.1 Å². The predicted molar refractivity (Wildman–Crippen MR) is 116 cm³/mol. The Morgan fingerprint density at radius 2 is 1.57 bits per heavy atom. The van der Waals surface area contributed by atoms with E-state index >= 15 is 0 Å². The Labute approximate surface area is 176 Å². The summed E-state index contributed by atoms with van der Waals surface area (Å²) in [7, 11) is 0. The topological polar surface area (TPSA) is 67.2 Å². The van der Waals surface area contributed by atoms with Crippen molar-refractivity contribution in [3.63, 3.8) is 0 Å². The van der Waals surface area contributed by atoms with E-state index in [1.54, 1.807) is 18.3 Å². The number of hydrogen-bond donors (Lipinski definition) is 1. The van der Waals surface area contributed by atoms with Crippen LogP contribution < -0.4 is 5.32 Å². The van der Waals surface area contributed by atoms with Gasteiger partial charge in [0.25, 0.3) is 11.8 Å². The van der Waals surface area contributed by atoms with Crippen LogP contribution in [0.5, 0.6) is 0 Å².